The predicted molar refractivity (Wildman–Crippen MR) is 45.4 cm³/mol. The van der Waals surface area contributed by atoms with Gasteiger partial charge in [-0.3, -0.25) is 4.79 Å². The molecule has 12 heavy (non-hydrogen) atoms. The molecule has 0 unspecified atom stereocenters. The number of carbonyl (C=O) groups excluding carboxylic acids is 1. The number of rotatable bonds is 2. The standard InChI is InChI=1S/C7H11NO3S/c1-3-7(9)8-4-6(5-8)12(2,10)11/h3,6H,1,4-5H2,2H3. The summed E-state index contributed by atoms with van der Waals surface area (Å²) in [4.78, 5) is 12.3. The van der Waals surface area contributed by atoms with E-state index >= 15 is 0 Å². The average molecular weight is 189 g/mol. The molecule has 0 saturated carbocycles. The van der Waals surface area contributed by atoms with Crippen molar-refractivity contribution in [1.82, 2.24) is 4.90 Å². The summed E-state index contributed by atoms with van der Waals surface area (Å²) in [7, 11) is -2.97. The molecule has 4 nitrogen and oxygen atoms in total. The molecule has 5 heteroatoms. The molecule has 0 aromatic rings. The first-order valence-electron chi connectivity index (χ1n) is 3.55. The zero-order chi connectivity index (χ0) is 9.35. The number of hydrogen-bond donors (Lipinski definition) is 0. The molecular weight excluding hydrogens is 178 g/mol. The van der Waals surface area contributed by atoms with Gasteiger partial charge in [-0.25, -0.2) is 8.42 Å². The van der Waals surface area contributed by atoms with Crippen LogP contribution in [0.2, 0.25) is 0 Å². The maximum absolute atomic E-state index is 10.9. The van der Waals surface area contributed by atoms with Crippen molar-refractivity contribution in [3.8, 4) is 0 Å². The Balaban J connectivity index is 2.49. The Kier molecular flexibility index (Phi) is 2.23. The molecule has 1 saturated heterocycles. The topological polar surface area (TPSA) is 54.5 Å². The Bertz CT molecular complexity index is 301. The van der Waals surface area contributed by atoms with Crippen molar-refractivity contribution in [3.63, 3.8) is 0 Å². The first-order chi connectivity index (χ1) is 5.45. The van der Waals surface area contributed by atoms with Crippen LogP contribution in [0.25, 0.3) is 0 Å². The minimum absolute atomic E-state index is 0.199. The highest BCUT2D eigenvalue weighted by Crippen LogP contribution is 2.15. The summed E-state index contributed by atoms with van der Waals surface area (Å²) in [5, 5.41) is -0.374. The van der Waals surface area contributed by atoms with E-state index in [2.05, 4.69) is 6.58 Å². The minimum Gasteiger partial charge on any atom is -0.336 e. The van der Waals surface area contributed by atoms with Crippen molar-refractivity contribution in [2.24, 2.45) is 0 Å². The van der Waals surface area contributed by atoms with E-state index in [1.54, 1.807) is 0 Å². The molecule has 0 spiro atoms. The van der Waals surface area contributed by atoms with Gasteiger partial charge in [-0.15, -0.1) is 0 Å². The van der Waals surface area contributed by atoms with Gasteiger partial charge in [0.2, 0.25) is 5.91 Å². The van der Waals surface area contributed by atoms with Gasteiger partial charge in [0, 0.05) is 19.3 Å². The highest BCUT2D eigenvalue weighted by Gasteiger charge is 2.36. The molecule has 0 radical (unpaired) electrons. The van der Waals surface area contributed by atoms with Gasteiger partial charge in [-0.1, -0.05) is 6.58 Å². The van der Waals surface area contributed by atoms with Crippen LogP contribution in [0.15, 0.2) is 12.7 Å². The summed E-state index contributed by atoms with van der Waals surface area (Å²) in [5.41, 5.74) is 0. The summed E-state index contributed by atoms with van der Waals surface area (Å²) < 4.78 is 21.8. The monoisotopic (exact) mass is 189 g/mol. The molecule has 1 aliphatic heterocycles. The smallest absolute Gasteiger partial charge is 0.246 e. The van der Waals surface area contributed by atoms with E-state index in [0.29, 0.717) is 13.1 Å². The molecule has 0 atom stereocenters. The largest absolute Gasteiger partial charge is 0.336 e. The number of hydrogen-bond acceptors (Lipinski definition) is 3. The van der Waals surface area contributed by atoms with Crippen LogP contribution in [0.4, 0.5) is 0 Å². The molecule has 1 fully saturated rings. The van der Waals surface area contributed by atoms with Gasteiger partial charge in [0.1, 0.15) is 0 Å². The van der Waals surface area contributed by atoms with Crippen LogP contribution < -0.4 is 0 Å². The Morgan fingerprint density at radius 2 is 2.08 bits per heavy atom. The van der Waals surface area contributed by atoms with E-state index in [1.165, 1.54) is 17.2 Å². The molecule has 0 N–H and O–H groups in total. The van der Waals surface area contributed by atoms with E-state index in [-0.39, 0.29) is 11.2 Å². The normalized spacial score (nSPS) is 18.6. The molecule has 1 amide bonds. The highest BCUT2D eigenvalue weighted by atomic mass is 32.2. The van der Waals surface area contributed by atoms with Gasteiger partial charge in [-0.2, -0.15) is 0 Å². The molecule has 0 bridgehead atoms. The van der Waals surface area contributed by atoms with Gasteiger partial charge in [0.15, 0.2) is 9.84 Å². The fourth-order valence-corrected chi connectivity index (χ4v) is 1.92. The van der Waals surface area contributed by atoms with Crippen LogP contribution in [0.3, 0.4) is 0 Å². The fourth-order valence-electron chi connectivity index (χ4n) is 1.02. The van der Waals surface area contributed by atoms with Crippen molar-refractivity contribution < 1.29 is 13.2 Å². The number of amides is 1. The van der Waals surface area contributed by atoms with Gasteiger partial charge in [0.05, 0.1) is 5.25 Å². The Hall–Kier alpha value is -0.840. The maximum Gasteiger partial charge on any atom is 0.246 e. The quantitative estimate of drug-likeness (QED) is 0.546. The van der Waals surface area contributed by atoms with Crippen molar-refractivity contribution in [2.75, 3.05) is 19.3 Å². The lowest BCUT2D eigenvalue weighted by atomic mass is 10.2. The van der Waals surface area contributed by atoms with Crippen molar-refractivity contribution in [1.29, 1.82) is 0 Å². The van der Waals surface area contributed by atoms with Crippen molar-refractivity contribution >= 4 is 15.7 Å². The molecule has 0 aromatic carbocycles. The number of nitrogens with zero attached hydrogens (tertiary/aromatic N) is 1. The maximum atomic E-state index is 10.9. The van der Waals surface area contributed by atoms with E-state index in [9.17, 15) is 13.2 Å². The lowest BCUT2D eigenvalue weighted by molar-refractivity contribution is -0.128. The number of carbonyl (C=O) groups is 1. The molecular formula is C7H11NO3S. The van der Waals surface area contributed by atoms with Crippen LogP contribution in [0, 0.1) is 0 Å². The van der Waals surface area contributed by atoms with E-state index in [0.717, 1.165) is 0 Å². The van der Waals surface area contributed by atoms with E-state index < -0.39 is 9.84 Å². The third-order valence-corrected chi connectivity index (χ3v) is 3.45. The predicted octanol–water partition coefficient (Wildman–Crippen LogP) is -0.572. The van der Waals surface area contributed by atoms with Crippen LogP contribution in [-0.4, -0.2) is 43.8 Å². The van der Waals surface area contributed by atoms with Crippen LogP contribution in [-0.2, 0) is 14.6 Å². The van der Waals surface area contributed by atoms with Crippen LogP contribution in [0.5, 0.6) is 0 Å². The fraction of sp³-hybridized carbons (Fsp3) is 0.571. The summed E-state index contributed by atoms with van der Waals surface area (Å²) in [5.74, 6) is -0.199. The lowest BCUT2D eigenvalue weighted by Crippen LogP contribution is -2.56. The van der Waals surface area contributed by atoms with Gasteiger partial charge in [-0.05, 0) is 6.08 Å². The average Bonchev–Trinajstić information content (AvgIpc) is 1.80. The third kappa shape index (κ3) is 1.66. The SMILES string of the molecule is C=CC(=O)N1CC(S(C)(=O)=O)C1. The summed E-state index contributed by atoms with van der Waals surface area (Å²) >= 11 is 0. The summed E-state index contributed by atoms with van der Waals surface area (Å²) in [6, 6.07) is 0. The molecule has 0 aliphatic carbocycles. The van der Waals surface area contributed by atoms with E-state index in [4.69, 9.17) is 0 Å². The second-order valence-corrected chi connectivity index (χ2v) is 5.22. The Morgan fingerprint density at radius 1 is 1.58 bits per heavy atom. The lowest BCUT2D eigenvalue weighted by Gasteiger charge is -2.37. The number of sulfone groups is 1. The molecule has 0 aromatic heterocycles. The Morgan fingerprint density at radius 3 is 2.42 bits per heavy atom. The molecule has 1 aliphatic rings. The first-order valence-corrected chi connectivity index (χ1v) is 5.51. The van der Waals surface area contributed by atoms with Crippen molar-refractivity contribution in [3.05, 3.63) is 12.7 Å². The van der Waals surface area contributed by atoms with Crippen molar-refractivity contribution in [2.45, 2.75) is 5.25 Å². The second kappa shape index (κ2) is 2.90. The van der Waals surface area contributed by atoms with Gasteiger partial charge < -0.3 is 4.90 Å². The van der Waals surface area contributed by atoms with E-state index in [1.807, 2.05) is 0 Å². The van der Waals surface area contributed by atoms with Crippen LogP contribution in [0.1, 0.15) is 0 Å². The summed E-state index contributed by atoms with van der Waals surface area (Å²) in [6.07, 6.45) is 2.38. The zero-order valence-corrected chi connectivity index (χ0v) is 7.67. The zero-order valence-electron chi connectivity index (χ0n) is 6.86. The highest BCUT2D eigenvalue weighted by molar-refractivity contribution is 7.91. The third-order valence-electron chi connectivity index (χ3n) is 1.94. The minimum atomic E-state index is -2.97. The second-order valence-electron chi connectivity index (χ2n) is 2.90. The first kappa shape index (κ1) is 9.25. The number of likely N-dealkylation sites (tertiary alicyclic amines) is 1. The molecule has 68 valence electrons. The molecule has 1 rings (SSSR count). The summed E-state index contributed by atoms with van der Waals surface area (Å²) in [6.45, 7) is 3.93. The van der Waals surface area contributed by atoms with Gasteiger partial charge in [0.25, 0.3) is 0 Å². The molecule has 1 heterocycles. The van der Waals surface area contributed by atoms with Crippen LogP contribution >= 0.6 is 0 Å². The van der Waals surface area contributed by atoms with Gasteiger partial charge >= 0.3 is 0 Å². The Labute approximate surface area is 71.8 Å².